The monoisotopic (exact) mass is 179 g/mol. The Labute approximate surface area is 82.3 Å². The molecule has 0 aromatic heterocycles. The maximum absolute atomic E-state index is 5.29. The fourth-order valence-corrected chi connectivity index (χ4v) is 2.00. The maximum Gasteiger partial charge on any atom is 0.0104 e. The summed E-state index contributed by atoms with van der Waals surface area (Å²) in [6.45, 7) is 5.59. The van der Waals surface area contributed by atoms with Crippen LogP contribution in [0, 0.1) is 24.2 Å². The molecule has 2 unspecified atom stereocenters. The predicted octanol–water partition coefficient (Wildman–Crippen LogP) is 2.42. The molecule has 1 aliphatic rings. The fourth-order valence-electron chi connectivity index (χ4n) is 2.00. The van der Waals surface area contributed by atoms with Crippen molar-refractivity contribution in [2.24, 2.45) is 11.8 Å². The third-order valence-corrected chi connectivity index (χ3v) is 3.07. The summed E-state index contributed by atoms with van der Waals surface area (Å²) in [4.78, 5) is 0. The molecule has 1 N–H and O–H groups in total. The highest BCUT2D eigenvalue weighted by Gasteiger charge is 2.32. The molecule has 74 valence electrons. The minimum Gasteiger partial charge on any atom is -0.314 e. The van der Waals surface area contributed by atoms with E-state index in [9.17, 15) is 0 Å². The Morgan fingerprint density at radius 1 is 1.54 bits per heavy atom. The number of terminal acetylenes is 1. The van der Waals surface area contributed by atoms with Crippen LogP contribution in [0.25, 0.3) is 0 Å². The molecular weight excluding hydrogens is 158 g/mol. The van der Waals surface area contributed by atoms with Gasteiger partial charge in [0.2, 0.25) is 0 Å². The van der Waals surface area contributed by atoms with Crippen LogP contribution in [0.4, 0.5) is 0 Å². The third-order valence-electron chi connectivity index (χ3n) is 3.07. The smallest absolute Gasteiger partial charge is 0.0104 e. The molecule has 0 amide bonds. The second-order valence-corrected chi connectivity index (χ2v) is 4.10. The van der Waals surface area contributed by atoms with Gasteiger partial charge in [0.25, 0.3) is 0 Å². The van der Waals surface area contributed by atoms with Crippen LogP contribution >= 0.6 is 0 Å². The van der Waals surface area contributed by atoms with E-state index in [0.717, 1.165) is 31.2 Å². The molecule has 0 aliphatic heterocycles. The highest BCUT2D eigenvalue weighted by molar-refractivity contribution is 4.90. The average Bonchev–Trinajstić information content (AvgIpc) is 2.94. The molecule has 0 heterocycles. The van der Waals surface area contributed by atoms with E-state index >= 15 is 0 Å². The van der Waals surface area contributed by atoms with Gasteiger partial charge in [-0.05, 0) is 37.6 Å². The summed E-state index contributed by atoms with van der Waals surface area (Å²) in [7, 11) is 0. The molecule has 0 bridgehead atoms. The molecule has 1 nitrogen and oxygen atoms in total. The standard InChI is InChI=1S/C12H21N/c1-4-6-7-12(13-5-2)10(3)11-8-9-11/h1,10-13H,5-9H2,2-3H3. The lowest BCUT2D eigenvalue weighted by Gasteiger charge is -2.23. The van der Waals surface area contributed by atoms with Gasteiger partial charge in [0.1, 0.15) is 0 Å². The molecule has 1 fully saturated rings. The molecular formula is C12H21N. The van der Waals surface area contributed by atoms with E-state index in [1.54, 1.807) is 0 Å². The van der Waals surface area contributed by atoms with Crippen molar-refractivity contribution in [3.63, 3.8) is 0 Å². The van der Waals surface area contributed by atoms with Gasteiger partial charge in [0.05, 0.1) is 0 Å². The van der Waals surface area contributed by atoms with Gasteiger partial charge in [-0.15, -0.1) is 12.3 Å². The number of rotatable bonds is 6. The molecule has 0 saturated heterocycles. The van der Waals surface area contributed by atoms with Gasteiger partial charge in [-0.3, -0.25) is 0 Å². The lowest BCUT2D eigenvalue weighted by atomic mass is 9.93. The fraction of sp³-hybridized carbons (Fsp3) is 0.833. The molecule has 13 heavy (non-hydrogen) atoms. The van der Waals surface area contributed by atoms with E-state index in [2.05, 4.69) is 25.1 Å². The molecule has 0 aromatic carbocycles. The van der Waals surface area contributed by atoms with Crippen molar-refractivity contribution in [2.45, 2.75) is 45.6 Å². The Bertz CT molecular complexity index is 176. The number of hydrogen-bond donors (Lipinski definition) is 1. The molecule has 1 saturated carbocycles. The van der Waals surface area contributed by atoms with Crippen molar-refractivity contribution in [3.8, 4) is 12.3 Å². The summed E-state index contributed by atoms with van der Waals surface area (Å²) >= 11 is 0. The molecule has 1 aliphatic carbocycles. The van der Waals surface area contributed by atoms with Gasteiger partial charge in [0, 0.05) is 12.5 Å². The second-order valence-electron chi connectivity index (χ2n) is 4.10. The van der Waals surface area contributed by atoms with Crippen molar-refractivity contribution in [1.82, 2.24) is 5.32 Å². The quantitative estimate of drug-likeness (QED) is 0.617. The first kappa shape index (κ1) is 10.6. The summed E-state index contributed by atoms with van der Waals surface area (Å²) in [5.74, 6) is 4.52. The van der Waals surface area contributed by atoms with Crippen molar-refractivity contribution in [2.75, 3.05) is 6.54 Å². The van der Waals surface area contributed by atoms with Crippen LogP contribution in [0.15, 0.2) is 0 Å². The first-order valence-electron chi connectivity index (χ1n) is 5.46. The van der Waals surface area contributed by atoms with Gasteiger partial charge < -0.3 is 5.32 Å². The summed E-state index contributed by atoms with van der Waals surface area (Å²) in [6.07, 6.45) is 10.2. The lowest BCUT2D eigenvalue weighted by Crippen LogP contribution is -2.35. The zero-order valence-corrected chi connectivity index (χ0v) is 8.84. The van der Waals surface area contributed by atoms with Gasteiger partial charge >= 0.3 is 0 Å². The third kappa shape index (κ3) is 3.40. The van der Waals surface area contributed by atoms with Crippen molar-refractivity contribution in [1.29, 1.82) is 0 Å². The van der Waals surface area contributed by atoms with Crippen LogP contribution in [0.5, 0.6) is 0 Å². The first-order valence-corrected chi connectivity index (χ1v) is 5.46. The Hall–Kier alpha value is -0.480. The maximum atomic E-state index is 5.29. The van der Waals surface area contributed by atoms with Gasteiger partial charge in [-0.2, -0.15) is 0 Å². The van der Waals surface area contributed by atoms with Crippen LogP contribution in [0.1, 0.15) is 39.5 Å². The molecule has 0 spiro atoms. The summed E-state index contributed by atoms with van der Waals surface area (Å²) in [6, 6.07) is 0.647. The Morgan fingerprint density at radius 3 is 2.69 bits per heavy atom. The molecule has 0 radical (unpaired) electrons. The van der Waals surface area contributed by atoms with Crippen molar-refractivity contribution in [3.05, 3.63) is 0 Å². The SMILES string of the molecule is C#CCCC(NCC)C(C)C1CC1. The van der Waals surface area contributed by atoms with Crippen LogP contribution in [0.3, 0.4) is 0 Å². The average molecular weight is 179 g/mol. The van der Waals surface area contributed by atoms with Crippen LogP contribution < -0.4 is 5.32 Å². The largest absolute Gasteiger partial charge is 0.314 e. The van der Waals surface area contributed by atoms with Gasteiger partial charge in [0.15, 0.2) is 0 Å². The number of hydrogen-bond acceptors (Lipinski definition) is 1. The topological polar surface area (TPSA) is 12.0 Å². The van der Waals surface area contributed by atoms with E-state index in [4.69, 9.17) is 6.42 Å². The first-order chi connectivity index (χ1) is 6.29. The van der Waals surface area contributed by atoms with Gasteiger partial charge in [-0.25, -0.2) is 0 Å². The van der Waals surface area contributed by atoms with Gasteiger partial charge in [-0.1, -0.05) is 13.8 Å². The summed E-state index contributed by atoms with van der Waals surface area (Å²) < 4.78 is 0. The van der Waals surface area contributed by atoms with E-state index in [1.165, 1.54) is 12.8 Å². The van der Waals surface area contributed by atoms with Crippen LogP contribution in [0.2, 0.25) is 0 Å². The second kappa shape index (κ2) is 5.29. The molecule has 0 aromatic rings. The van der Waals surface area contributed by atoms with Crippen molar-refractivity contribution >= 4 is 0 Å². The molecule has 1 heteroatoms. The highest BCUT2D eigenvalue weighted by Crippen LogP contribution is 2.38. The van der Waals surface area contributed by atoms with E-state index < -0.39 is 0 Å². The Balaban J connectivity index is 2.31. The molecule has 2 atom stereocenters. The summed E-state index contributed by atoms with van der Waals surface area (Å²) in [5, 5.41) is 3.54. The van der Waals surface area contributed by atoms with E-state index in [1.807, 2.05) is 0 Å². The minimum absolute atomic E-state index is 0.647. The van der Waals surface area contributed by atoms with Crippen LogP contribution in [-0.4, -0.2) is 12.6 Å². The zero-order valence-electron chi connectivity index (χ0n) is 8.84. The van der Waals surface area contributed by atoms with E-state index in [-0.39, 0.29) is 0 Å². The lowest BCUT2D eigenvalue weighted by molar-refractivity contribution is 0.332. The predicted molar refractivity (Wildman–Crippen MR) is 57.4 cm³/mol. The van der Waals surface area contributed by atoms with Crippen molar-refractivity contribution < 1.29 is 0 Å². The van der Waals surface area contributed by atoms with Crippen LogP contribution in [-0.2, 0) is 0 Å². The normalized spacial score (nSPS) is 20.7. The minimum atomic E-state index is 0.647. The van der Waals surface area contributed by atoms with E-state index in [0.29, 0.717) is 6.04 Å². The Morgan fingerprint density at radius 2 is 2.23 bits per heavy atom. The Kier molecular flexibility index (Phi) is 4.32. The number of nitrogens with one attached hydrogen (secondary N) is 1. The highest BCUT2D eigenvalue weighted by atomic mass is 14.9. The molecule has 1 rings (SSSR count). The summed E-state index contributed by atoms with van der Waals surface area (Å²) in [5.41, 5.74) is 0. The zero-order chi connectivity index (χ0) is 9.68.